The second kappa shape index (κ2) is 13.7. The minimum absolute atomic E-state index is 0.153. The molecule has 244 valence electrons. The number of urea groups is 1. The monoisotopic (exact) mass is 667 g/mol. The van der Waals surface area contributed by atoms with Crippen molar-refractivity contribution in [2.75, 3.05) is 23.9 Å². The van der Waals surface area contributed by atoms with Gasteiger partial charge in [0.25, 0.3) is 0 Å². The van der Waals surface area contributed by atoms with Crippen LogP contribution in [0.5, 0.6) is 6.01 Å². The van der Waals surface area contributed by atoms with Crippen LogP contribution in [0.25, 0.3) is 22.6 Å². The van der Waals surface area contributed by atoms with E-state index in [0.717, 1.165) is 6.20 Å². The van der Waals surface area contributed by atoms with Gasteiger partial charge in [-0.05, 0) is 32.6 Å². The summed E-state index contributed by atoms with van der Waals surface area (Å²) in [7, 11) is 1.45. The van der Waals surface area contributed by atoms with E-state index in [2.05, 4.69) is 45.6 Å². The summed E-state index contributed by atoms with van der Waals surface area (Å²) in [6.07, 6.45) is 4.47. The van der Waals surface area contributed by atoms with Gasteiger partial charge < -0.3 is 15.4 Å². The summed E-state index contributed by atoms with van der Waals surface area (Å²) in [5.74, 6) is 0.176. The molecule has 4 heterocycles. The number of ether oxygens (including phenoxy) is 1. The van der Waals surface area contributed by atoms with Gasteiger partial charge in [0, 0.05) is 42.8 Å². The van der Waals surface area contributed by atoms with Crippen LogP contribution in [-0.4, -0.2) is 71.5 Å². The van der Waals surface area contributed by atoms with Crippen molar-refractivity contribution in [1.82, 2.24) is 45.0 Å². The number of rotatable bonds is 9. The molecule has 1 fully saturated rings. The second-order valence-electron chi connectivity index (χ2n) is 10.1. The third-order valence-electron chi connectivity index (χ3n) is 7.14. The number of nitrogens with one attached hydrogen (secondary N) is 2. The molecule has 2 N–H and O–H groups in total. The maximum atomic E-state index is 13.8. The van der Waals surface area contributed by atoms with Crippen molar-refractivity contribution >= 4 is 29.4 Å². The molecule has 1 saturated carbocycles. The Labute approximate surface area is 263 Å². The van der Waals surface area contributed by atoms with Crippen LogP contribution >= 0.6 is 11.6 Å². The van der Waals surface area contributed by atoms with E-state index in [0.29, 0.717) is 55.5 Å². The van der Waals surface area contributed by atoms with Gasteiger partial charge in [-0.2, -0.15) is 27.1 Å². The SMILES string of the molecule is CCNC(=O)N(c1cnc(-c2cnc(OC)nc2)cn1)C1CCC(Nc2ncc(C(F)(F)F)c(-c3nn(C(F)F)cc3Cl)n2)CC1. The lowest BCUT2D eigenvalue weighted by atomic mass is 9.90. The van der Waals surface area contributed by atoms with E-state index in [-0.39, 0.29) is 34.8 Å². The average Bonchev–Trinajstić information content (AvgIpc) is 3.44. The standard InChI is InChI=1S/C27H27ClF5N11O2/c1-3-34-26(45)44(20-12-35-19(11-36-20)14-8-38-25(46-2)39-9-14)16-6-4-15(5-7-16)40-24-37-10-17(27(31,32)33)21(41-24)22-18(28)13-43(42-22)23(29)30/h8-13,15-16,23H,3-7H2,1-2H3,(H,34,45)(H,37,40,41). The molecule has 5 rings (SSSR count). The molecule has 1 aliphatic carbocycles. The number of hydrogen-bond donors (Lipinski definition) is 2. The highest BCUT2D eigenvalue weighted by Crippen LogP contribution is 2.38. The molecule has 4 aromatic heterocycles. The Kier molecular flexibility index (Phi) is 9.74. The highest BCUT2D eigenvalue weighted by molar-refractivity contribution is 6.33. The van der Waals surface area contributed by atoms with Gasteiger partial charge in [0.2, 0.25) is 5.95 Å². The number of nitrogens with zero attached hydrogens (tertiary/aromatic N) is 9. The van der Waals surface area contributed by atoms with Crippen LogP contribution in [0.15, 0.2) is 37.2 Å². The van der Waals surface area contributed by atoms with Crippen molar-refractivity contribution in [2.24, 2.45) is 0 Å². The van der Waals surface area contributed by atoms with Gasteiger partial charge in [0.05, 0.1) is 36.4 Å². The van der Waals surface area contributed by atoms with E-state index in [1.54, 1.807) is 19.3 Å². The summed E-state index contributed by atoms with van der Waals surface area (Å²) in [5, 5.41) is 8.91. The first-order valence-electron chi connectivity index (χ1n) is 14.0. The Balaban J connectivity index is 1.31. The number of halogens is 6. The van der Waals surface area contributed by atoms with Crippen molar-refractivity contribution in [3.63, 3.8) is 0 Å². The zero-order valence-electron chi connectivity index (χ0n) is 24.3. The van der Waals surface area contributed by atoms with Crippen molar-refractivity contribution in [2.45, 2.75) is 57.4 Å². The molecule has 0 bridgehead atoms. The molecule has 0 unspecified atom stereocenters. The lowest BCUT2D eigenvalue weighted by Crippen LogP contribution is -2.49. The molecule has 1 aliphatic rings. The molecule has 2 amide bonds. The molecule has 0 aliphatic heterocycles. The number of carbonyl (C=O) groups is 1. The maximum Gasteiger partial charge on any atom is 0.420 e. The molecule has 13 nitrogen and oxygen atoms in total. The summed E-state index contributed by atoms with van der Waals surface area (Å²) in [5.41, 5.74) is -1.45. The minimum atomic E-state index is -4.89. The van der Waals surface area contributed by atoms with Crippen LogP contribution in [0.3, 0.4) is 0 Å². The van der Waals surface area contributed by atoms with Crippen LogP contribution in [0.2, 0.25) is 5.02 Å². The molecule has 0 saturated heterocycles. The number of amides is 2. The number of anilines is 2. The fourth-order valence-electron chi connectivity index (χ4n) is 4.97. The smallest absolute Gasteiger partial charge is 0.420 e. The summed E-state index contributed by atoms with van der Waals surface area (Å²) in [4.78, 5) is 39.5. The lowest BCUT2D eigenvalue weighted by Gasteiger charge is -2.36. The molecule has 0 radical (unpaired) electrons. The molecule has 19 heteroatoms. The van der Waals surface area contributed by atoms with Crippen molar-refractivity contribution in [3.05, 3.63) is 47.8 Å². The van der Waals surface area contributed by atoms with Crippen molar-refractivity contribution < 1.29 is 31.5 Å². The first-order valence-corrected chi connectivity index (χ1v) is 14.4. The van der Waals surface area contributed by atoms with Crippen LogP contribution in [-0.2, 0) is 6.18 Å². The number of carbonyl (C=O) groups excluding carboxylic acids is 1. The van der Waals surface area contributed by atoms with Gasteiger partial charge in [-0.3, -0.25) is 9.88 Å². The molecular weight excluding hydrogens is 641 g/mol. The largest absolute Gasteiger partial charge is 0.467 e. The summed E-state index contributed by atoms with van der Waals surface area (Å²) in [6.45, 7) is -0.937. The summed E-state index contributed by atoms with van der Waals surface area (Å²) < 4.78 is 72.6. The van der Waals surface area contributed by atoms with Crippen LogP contribution in [0.4, 0.5) is 38.5 Å². The van der Waals surface area contributed by atoms with Gasteiger partial charge >= 0.3 is 24.8 Å². The zero-order valence-corrected chi connectivity index (χ0v) is 25.1. The molecule has 0 spiro atoms. The minimum Gasteiger partial charge on any atom is -0.467 e. The molecule has 46 heavy (non-hydrogen) atoms. The Morgan fingerprint density at radius 1 is 1.04 bits per heavy atom. The first kappa shape index (κ1) is 32.6. The number of methoxy groups -OCH3 is 1. The average molecular weight is 668 g/mol. The van der Waals surface area contributed by atoms with Gasteiger partial charge in [-0.1, -0.05) is 11.6 Å². The van der Waals surface area contributed by atoms with E-state index >= 15 is 0 Å². The quantitative estimate of drug-likeness (QED) is 0.215. The number of alkyl halides is 5. The highest BCUT2D eigenvalue weighted by atomic mass is 35.5. The Morgan fingerprint density at radius 2 is 1.76 bits per heavy atom. The first-order chi connectivity index (χ1) is 22.0. The summed E-state index contributed by atoms with van der Waals surface area (Å²) >= 11 is 5.96. The fraction of sp³-hybridized carbons (Fsp3) is 0.407. The Hall–Kier alpha value is -4.74. The highest BCUT2D eigenvalue weighted by Gasteiger charge is 2.37. The van der Waals surface area contributed by atoms with Crippen molar-refractivity contribution in [1.29, 1.82) is 0 Å². The predicted octanol–water partition coefficient (Wildman–Crippen LogP) is 5.62. The topological polar surface area (TPSA) is 149 Å². The number of hydrogen-bond acceptors (Lipinski definition) is 10. The number of aromatic nitrogens is 8. The van der Waals surface area contributed by atoms with E-state index in [4.69, 9.17) is 16.3 Å². The van der Waals surface area contributed by atoms with E-state index < -0.39 is 34.7 Å². The van der Waals surface area contributed by atoms with E-state index in [1.165, 1.54) is 24.4 Å². The predicted molar refractivity (Wildman–Crippen MR) is 155 cm³/mol. The van der Waals surface area contributed by atoms with Crippen LogP contribution < -0.4 is 20.3 Å². The van der Waals surface area contributed by atoms with Crippen LogP contribution in [0, 0.1) is 0 Å². The van der Waals surface area contributed by atoms with Gasteiger partial charge in [0.1, 0.15) is 17.0 Å². The van der Waals surface area contributed by atoms with Gasteiger partial charge in [-0.25, -0.2) is 34.4 Å². The van der Waals surface area contributed by atoms with Gasteiger partial charge in [0.15, 0.2) is 5.82 Å². The fourth-order valence-corrected chi connectivity index (χ4v) is 5.20. The van der Waals surface area contributed by atoms with Crippen molar-refractivity contribution in [3.8, 4) is 28.7 Å². The van der Waals surface area contributed by atoms with Gasteiger partial charge in [-0.15, -0.1) is 0 Å². The second-order valence-corrected chi connectivity index (χ2v) is 10.5. The Bertz CT molecular complexity index is 1650. The van der Waals surface area contributed by atoms with Crippen LogP contribution in [0.1, 0.15) is 44.7 Å². The Morgan fingerprint density at radius 3 is 2.33 bits per heavy atom. The summed E-state index contributed by atoms with van der Waals surface area (Å²) in [6, 6.07) is -0.688. The zero-order chi connectivity index (χ0) is 33.0. The normalized spacial score (nSPS) is 16.7. The molecule has 0 aromatic carbocycles. The lowest BCUT2D eigenvalue weighted by molar-refractivity contribution is -0.137. The molecule has 4 aromatic rings. The molecule has 0 atom stereocenters. The third kappa shape index (κ3) is 7.21. The molecular formula is C27H27ClF5N11O2. The third-order valence-corrected chi connectivity index (χ3v) is 7.42. The maximum absolute atomic E-state index is 13.8. The van der Waals surface area contributed by atoms with E-state index in [9.17, 15) is 26.7 Å². The van der Waals surface area contributed by atoms with E-state index in [1.807, 2.05) is 0 Å².